The molecule has 0 aliphatic carbocycles. The number of allylic oxidation sites excluding steroid dienone is 4. The highest BCUT2D eigenvalue weighted by atomic mass is 15.2. The number of anilines is 5. The normalized spacial score (nSPS) is 11.4. The van der Waals surface area contributed by atoms with Gasteiger partial charge >= 0.3 is 0 Å². The molecule has 0 spiro atoms. The third kappa shape index (κ3) is 7.35. The Balaban J connectivity index is 1.37. The van der Waals surface area contributed by atoms with Gasteiger partial charge in [0.25, 0.3) is 0 Å². The van der Waals surface area contributed by atoms with E-state index in [4.69, 9.17) is 0 Å². The van der Waals surface area contributed by atoms with E-state index in [1.54, 1.807) is 0 Å². The number of hydrogen-bond donors (Lipinski definition) is 0. The third-order valence-corrected chi connectivity index (χ3v) is 8.34. The molecule has 0 aliphatic rings. The van der Waals surface area contributed by atoms with Crippen LogP contribution in [0.3, 0.4) is 0 Å². The fraction of sp³-hybridized carbons (Fsp3) is 0.0667. The Morgan fingerprint density at radius 3 is 1.38 bits per heavy atom. The molecule has 0 atom stereocenters. The molecule has 0 heterocycles. The summed E-state index contributed by atoms with van der Waals surface area (Å²) in [6, 6.07) is 55.9. The average molecular weight is 609 g/mol. The van der Waals surface area contributed by atoms with Crippen molar-refractivity contribution in [3.63, 3.8) is 0 Å². The standard InChI is InChI=1S/C45H40N2/c1-5-40(27-20-36(4)37-12-8-6-9-13-37)46(41-23-16-34(2)17-24-41)44-30-32-45(33-31-44)47(42-25-18-35(3)19-26-42)43-28-21-39(22-29-43)38-14-10-7-11-15-38/h5-33H,4H2,1-3H3/b27-20-,40-5+. The Morgan fingerprint density at radius 2 is 0.872 bits per heavy atom. The summed E-state index contributed by atoms with van der Waals surface area (Å²) in [5, 5.41) is 0. The van der Waals surface area contributed by atoms with E-state index in [9.17, 15) is 0 Å². The molecule has 2 heteroatoms. The van der Waals surface area contributed by atoms with Crippen molar-refractivity contribution in [3.8, 4) is 11.1 Å². The summed E-state index contributed by atoms with van der Waals surface area (Å²) in [6.45, 7) is 10.7. The fourth-order valence-corrected chi connectivity index (χ4v) is 5.70. The first kappa shape index (κ1) is 31.1. The molecule has 0 aromatic heterocycles. The largest absolute Gasteiger partial charge is 0.311 e. The lowest BCUT2D eigenvalue weighted by atomic mass is 10.0. The number of benzene rings is 6. The maximum absolute atomic E-state index is 4.33. The fourth-order valence-electron chi connectivity index (χ4n) is 5.70. The summed E-state index contributed by atoms with van der Waals surface area (Å²) in [4.78, 5) is 4.61. The molecular formula is C45H40N2. The lowest BCUT2D eigenvalue weighted by Crippen LogP contribution is -2.16. The van der Waals surface area contributed by atoms with E-state index in [-0.39, 0.29) is 0 Å². The molecule has 0 unspecified atom stereocenters. The zero-order valence-electron chi connectivity index (χ0n) is 27.3. The Hall–Kier alpha value is -5.86. The Morgan fingerprint density at radius 1 is 0.468 bits per heavy atom. The van der Waals surface area contributed by atoms with Gasteiger partial charge in [-0.05, 0) is 110 Å². The number of hydrogen-bond acceptors (Lipinski definition) is 2. The summed E-state index contributed by atoms with van der Waals surface area (Å²) >= 11 is 0. The first-order valence-corrected chi connectivity index (χ1v) is 16.1. The van der Waals surface area contributed by atoms with Crippen LogP contribution in [-0.2, 0) is 0 Å². The summed E-state index contributed by atoms with van der Waals surface area (Å²) in [6.07, 6.45) is 6.39. The van der Waals surface area contributed by atoms with Gasteiger partial charge in [-0.1, -0.05) is 127 Å². The van der Waals surface area contributed by atoms with Gasteiger partial charge in [-0.2, -0.15) is 0 Å². The van der Waals surface area contributed by atoms with Crippen molar-refractivity contribution in [1.82, 2.24) is 0 Å². The smallest absolute Gasteiger partial charge is 0.0463 e. The highest BCUT2D eigenvalue weighted by Gasteiger charge is 2.16. The Labute approximate surface area is 279 Å². The Bertz CT molecular complexity index is 1970. The molecule has 6 rings (SSSR count). The van der Waals surface area contributed by atoms with E-state index in [0.29, 0.717) is 0 Å². The van der Waals surface area contributed by atoms with Crippen LogP contribution >= 0.6 is 0 Å². The van der Waals surface area contributed by atoms with Gasteiger partial charge in [0, 0.05) is 34.1 Å². The monoisotopic (exact) mass is 608 g/mol. The third-order valence-electron chi connectivity index (χ3n) is 8.34. The molecule has 0 fully saturated rings. The van der Waals surface area contributed by atoms with Crippen molar-refractivity contribution in [2.45, 2.75) is 20.8 Å². The topological polar surface area (TPSA) is 6.48 Å². The molecule has 230 valence electrons. The minimum absolute atomic E-state index is 0.969. The van der Waals surface area contributed by atoms with E-state index >= 15 is 0 Å². The summed E-state index contributed by atoms with van der Waals surface area (Å²) in [5.74, 6) is 0. The Kier molecular flexibility index (Phi) is 9.60. The molecule has 0 aliphatic heterocycles. The van der Waals surface area contributed by atoms with Gasteiger partial charge in [-0.3, -0.25) is 0 Å². The summed E-state index contributed by atoms with van der Waals surface area (Å²) in [5.41, 5.74) is 13.5. The molecule has 6 aromatic carbocycles. The molecule has 0 saturated heterocycles. The van der Waals surface area contributed by atoms with Crippen LogP contribution in [0.5, 0.6) is 0 Å². The quantitative estimate of drug-likeness (QED) is 0.143. The molecule has 0 saturated carbocycles. The van der Waals surface area contributed by atoms with Gasteiger partial charge in [-0.25, -0.2) is 0 Å². The van der Waals surface area contributed by atoms with Crippen LogP contribution < -0.4 is 9.80 Å². The van der Waals surface area contributed by atoms with Gasteiger partial charge in [0.2, 0.25) is 0 Å². The summed E-state index contributed by atoms with van der Waals surface area (Å²) < 4.78 is 0. The van der Waals surface area contributed by atoms with Crippen molar-refractivity contribution < 1.29 is 0 Å². The molecule has 0 amide bonds. The second kappa shape index (κ2) is 14.5. The van der Waals surface area contributed by atoms with Crippen LogP contribution in [0.25, 0.3) is 16.7 Å². The maximum Gasteiger partial charge on any atom is 0.0463 e. The average Bonchev–Trinajstić information content (AvgIpc) is 3.13. The van der Waals surface area contributed by atoms with Gasteiger partial charge in [0.05, 0.1) is 0 Å². The number of nitrogens with zero attached hydrogens (tertiary/aromatic N) is 2. The second-order valence-corrected chi connectivity index (χ2v) is 11.7. The SMILES string of the molecule is C=C(/C=C\C(=C/C)N(c1ccc(C)cc1)c1ccc(N(c2ccc(C)cc2)c2ccc(-c3ccccc3)cc2)cc1)c1ccccc1. The molecule has 47 heavy (non-hydrogen) atoms. The number of aryl methyl sites for hydroxylation is 2. The highest BCUT2D eigenvalue weighted by molar-refractivity contribution is 5.81. The molecule has 2 nitrogen and oxygen atoms in total. The minimum Gasteiger partial charge on any atom is -0.311 e. The van der Waals surface area contributed by atoms with E-state index in [1.807, 2.05) is 18.2 Å². The number of rotatable bonds is 10. The van der Waals surface area contributed by atoms with Crippen molar-refractivity contribution in [3.05, 3.63) is 205 Å². The van der Waals surface area contributed by atoms with Gasteiger partial charge in [0.15, 0.2) is 0 Å². The molecule has 6 aromatic rings. The van der Waals surface area contributed by atoms with Gasteiger partial charge < -0.3 is 9.80 Å². The van der Waals surface area contributed by atoms with Gasteiger partial charge in [-0.15, -0.1) is 0 Å². The van der Waals surface area contributed by atoms with Crippen molar-refractivity contribution >= 4 is 34.0 Å². The lowest BCUT2D eigenvalue weighted by molar-refractivity contribution is 1.19. The zero-order valence-corrected chi connectivity index (χ0v) is 27.3. The predicted octanol–water partition coefficient (Wildman–Crippen LogP) is 12.8. The van der Waals surface area contributed by atoms with E-state index in [1.165, 1.54) is 22.3 Å². The maximum atomic E-state index is 4.33. The first-order chi connectivity index (χ1) is 23.0. The minimum atomic E-state index is 0.969. The van der Waals surface area contributed by atoms with Crippen molar-refractivity contribution in [1.29, 1.82) is 0 Å². The van der Waals surface area contributed by atoms with Crippen LogP contribution in [0.4, 0.5) is 28.4 Å². The first-order valence-electron chi connectivity index (χ1n) is 16.1. The lowest BCUT2D eigenvalue weighted by Gasteiger charge is -2.29. The molecular weight excluding hydrogens is 569 g/mol. The van der Waals surface area contributed by atoms with E-state index in [0.717, 1.165) is 45.3 Å². The van der Waals surface area contributed by atoms with E-state index in [2.05, 4.69) is 195 Å². The van der Waals surface area contributed by atoms with Gasteiger partial charge in [0.1, 0.15) is 0 Å². The molecule has 0 radical (unpaired) electrons. The van der Waals surface area contributed by atoms with E-state index < -0.39 is 0 Å². The van der Waals surface area contributed by atoms with Crippen LogP contribution in [0, 0.1) is 13.8 Å². The van der Waals surface area contributed by atoms with Crippen LogP contribution in [0.2, 0.25) is 0 Å². The highest BCUT2D eigenvalue weighted by Crippen LogP contribution is 2.38. The van der Waals surface area contributed by atoms with Crippen molar-refractivity contribution in [2.24, 2.45) is 0 Å². The zero-order chi connectivity index (χ0) is 32.6. The van der Waals surface area contributed by atoms with Crippen molar-refractivity contribution in [2.75, 3.05) is 9.80 Å². The van der Waals surface area contributed by atoms with Crippen LogP contribution in [0.1, 0.15) is 23.6 Å². The van der Waals surface area contributed by atoms with Crippen LogP contribution in [0.15, 0.2) is 188 Å². The summed E-state index contributed by atoms with van der Waals surface area (Å²) in [7, 11) is 0. The predicted molar refractivity (Wildman–Crippen MR) is 203 cm³/mol. The second-order valence-electron chi connectivity index (χ2n) is 11.7. The van der Waals surface area contributed by atoms with Crippen LogP contribution in [-0.4, -0.2) is 0 Å². The molecule has 0 bridgehead atoms. The molecule has 0 N–H and O–H groups in total.